The molecule has 72 valence electrons. The molecule has 1 N–H and O–H groups in total. The number of imide groups is 1. The van der Waals surface area contributed by atoms with Crippen LogP contribution in [0.2, 0.25) is 0 Å². The summed E-state index contributed by atoms with van der Waals surface area (Å²) in [6, 6.07) is 6.66. The molecule has 0 saturated heterocycles. The van der Waals surface area contributed by atoms with Gasteiger partial charge in [0.15, 0.2) is 6.23 Å². The normalized spacial score (nSPS) is 19.7. The molecule has 1 aromatic rings. The van der Waals surface area contributed by atoms with Gasteiger partial charge in [0.2, 0.25) is 5.91 Å². The maximum Gasteiger partial charge on any atom is 0.263 e. The van der Waals surface area contributed by atoms with Crippen LogP contribution in [-0.4, -0.2) is 21.8 Å². The van der Waals surface area contributed by atoms with Crippen molar-refractivity contribution in [3.63, 3.8) is 0 Å². The first kappa shape index (κ1) is 8.90. The van der Waals surface area contributed by atoms with Gasteiger partial charge >= 0.3 is 0 Å². The Kier molecular flexibility index (Phi) is 1.86. The van der Waals surface area contributed by atoms with E-state index >= 15 is 0 Å². The van der Waals surface area contributed by atoms with Crippen LogP contribution < -0.4 is 0 Å². The number of aliphatic hydroxyl groups is 1. The quantitative estimate of drug-likeness (QED) is 0.656. The number of hydrogen-bond acceptors (Lipinski definition) is 3. The largest absolute Gasteiger partial charge is 0.369 e. The second-order valence-electron chi connectivity index (χ2n) is 3.16. The number of aliphatic hydroxyl groups excluding tert-OH is 1. The van der Waals surface area contributed by atoms with E-state index in [2.05, 4.69) is 0 Å². The lowest BCUT2D eigenvalue weighted by Crippen LogP contribution is -2.32. The van der Waals surface area contributed by atoms with Crippen molar-refractivity contribution in [2.75, 3.05) is 0 Å². The summed E-state index contributed by atoms with van der Waals surface area (Å²) in [7, 11) is 0. The number of carbonyl (C=O) groups is 2. The number of amides is 2. The molecule has 4 heteroatoms. The highest BCUT2D eigenvalue weighted by Crippen LogP contribution is 2.30. The Morgan fingerprint density at radius 3 is 2.64 bits per heavy atom. The molecular formula is C10H9NO3. The van der Waals surface area contributed by atoms with Crippen molar-refractivity contribution in [3.05, 3.63) is 35.4 Å². The molecule has 4 nitrogen and oxygen atoms in total. The van der Waals surface area contributed by atoms with E-state index < -0.39 is 18.0 Å². The van der Waals surface area contributed by atoms with E-state index in [1.54, 1.807) is 24.3 Å². The third kappa shape index (κ3) is 1.04. The van der Waals surface area contributed by atoms with Gasteiger partial charge in [-0.3, -0.25) is 9.59 Å². The summed E-state index contributed by atoms with van der Waals surface area (Å²) in [4.78, 5) is 23.5. The molecule has 0 radical (unpaired) electrons. The van der Waals surface area contributed by atoms with E-state index in [4.69, 9.17) is 0 Å². The highest BCUT2D eigenvalue weighted by Gasteiger charge is 2.37. The average Bonchev–Trinajstić information content (AvgIpc) is 2.41. The Hall–Kier alpha value is -1.68. The van der Waals surface area contributed by atoms with Crippen LogP contribution in [0.15, 0.2) is 24.3 Å². The van der Waals surface area contributed by atoms with Gasteiger partial charge in [-0.15, -0.1) is 0 Å². The van der Waals surface area contributed by atoms with Crippen molar-refractivity contribution in [3.8, 4) is 0 Å². The molecule has 14 heavy (non-hydrogen) atoms. The topological polar surface area (TPSA) is 57.6 Å². The van der Waals surface area contributed by atoms with Crippen molar-refractivity contribution in [1.29, 1.82) is 0 Å². The number of benzene rings is 1. The van der Waals surface area contributed by atoms with Gasteiger partial charge in [0.05, 0.1) is 0 Å². The van der Waals surface area contributed by atoms with Crippen LogP contribution in [0, 0.1) is 0 Å². The highest BCUT2D eigenvalue weighted by molar-refractivity contribution is 6.07. The van der Waals surface area contributed by atoms with Crippen molar-refractivity contribution in [2.24, 2.45) is 0 Å². The maximum atomic E-state index is 11.6. The summed E-state index contributed by atoms with van der Waals surface area (Å²) in [5.74, 6) is -0.876. The smallest absolute Gasteiger partial charge is 0.263 e. The molecule has 2 amide bonds. The number of rotatable bonds is 0. The van der Waals surface area contributed by atoms with Crippen LogP contribution in [0.5, 0.6) is 0 Å². The molecule has 0 aliphatic carbocycles. The Bertz CT molecular complexity index is 414. The summed E-state index contributed by atoms with van der Waals surface area (Å²) >= 11 is 0. The van der Waals surface area contributed by atoms with Crippen LogP contribution in [0.3, 0.4) is 0 Å². The zero-order chi connectivity index (χ0) is 10.3. The lowest BCUT2D eigenvalue weighted by atomic mass is 10.1. The van der Waals surface area contributed by atoms with Gasteiger partial charge < -0.3 is 5.11 Å². The molecule has 0 spiro atoms. The van der Waals surface area contributed by atoms with Crippen molar-refractivity contribution in [1.82, 2.24) is 4.90 Å². The van der Waals surface area contributed by atoms with Crippen molar-refractivity contribution >= 4 is 11.8 Å². The summed E-state index contributed by atoms with van der Waals surface area (Å²) in [5, 5.41) is 9.67. The van der Waals surface area contributed by atoms with E-state index in [9.17, 15) is 14.7 Å². The molecule has 0 saturated carbocycles. The predicted octanol–water partition coefficient (Wildman–Crippen LogP) is 0.680. The van der Waals surface area contributed by atoms with Gasteiger partial charge in [-0.1, -0.05) is 18.2 Å². The molecular weight excluding hydrogens is 182 g/mol. The molecule has 1 heterocycles. The minimum Gasteiger partial charge on any atom is -0.369 e. The molecule has 1 aliphatic rings. The van der Waals surface area contributed by atoms with Crippen LogP contribution >= 0.6 is 0 Å². The second-order valence-corrected chi connectivity index (χ2v) is 3.16. The number of nitrogens with zero attached hydrogens (tertiary/aromatic N) is 1. The first-order valence-electron chi connectivity index (χ1n) is 4.24. The fourth-order valence-electron chi connectivity index (χ4n) is 1.61. The average molecular weight is 191 g/mol. The van der Waals surface area contributed by atoms with Gasteiger partial charge in [-0.25, -0.2) is 4.90 Å². The zero-order valence-electron chi connectivity index (χ0n) is 7.60. The van der Waals surface area contributed by atoms with Crippen molar-refractivity contribution < 1.29 is 14.7 Å². The van der Waals surface area contributed by atoms with Gasteiger partial charge in [-0.2, -0.15) is 0 Å². The summed E-state index contributed by atoms with van der Waals surface area (Å²) in [6.07, 6.45) is -1.13. The van der Waals surface area contributed by atoms with Gasteiger partial charge in [0.25, 0.3) is 5.91 Å². The van der Waals surface area contributed by atoms with E-state index in [0.717, 1.165) is 4.90 Å². The van der Waals surface area contributed by atoms with Gasteiger partial charge in [-0.05, 0) is 6.07 Å². The van der Waals surface area contributed by atoms with E-state index in [1.807, 2.05) is 0 Å². The summed E-state index contributed by atoms with van der Waals surface area (Å²) in [6.45, 7) is 1.26. The predicted molar refractivity (Wildman–Crippen MR) is 48.3 cm³/mol. The number of hydrogen-bond donors (Lipinski definition) is 1. The standard InChI is InChI=1S/C10H9NO3/c1-6(12)11-9(13)7-4-2-3-5-8(7)10(11)14/h2-5,9,13H,1H3. The van der Waals surface area contributed by atoms with Crippen molar-refractivity contribution in [2.45, 2.75) is 13.2 Å². The van der Waals surface area contributed by atoms with E-state index in [1.165, 1.54) is 6.92 Å². The third-order valence-electron chi connectivity index (χ3n) is 2.27. The number of carbonyl (C=O) groups excluding carboxylic acids is 2. The molecule has 0 aromatic heterocycles. The Morgan fingerprint density at radius 2 is 2.07 bits per heavy atom. The second kappa shape index (κ2) is 2.92. The first-order chi connectivity index (χ1) is 6.63. The molecule has 0 fully saturated rings. The Morgan fingerprint density at radius 1 is 1.43 bits per heavy atom. The SMILES string of the molecule is CC(=O)N1C(=O)c2ccccc2C1O. The zero-order valence-corrected chi connectivity index (χ0v) is 7.60. The van der Waals surface area contributed by atoms with Crippen LogP contribution in [0.4, 0.5) is 0 Å². The summed E-state index contributed by atoms with van der Waals surface area (Å²) < 4.78 is 0. The Balaban J connectivity index is 2.53. The summed E-state index contributed by atoms with van der Waals surface area (Å²) in [5.41, 5.74) is 0.892. The first-order valence-corrected chi connectivity index (χ1v) is 4.24. The molecule has 1 atom stereocenters. The van der Waals surface area contributed by atoms with Gasteiger partial charge in [0, 0.05) is 18.1 Å². The van der Waals surface area contributed by atoms with Crippen LogP contribution in [-0.2, 0) is 4.79 Å². The molecule has 1 unspecified atom stereocenters. The molecule has 0 bridgehead atoms. The van der Waals surface area contributed by atoms with E-state index in [0.29, 0.717) is 11.1 Å². The monoisotopic (exact) mass is 191 g/mol. The lowest BCUT2D eigenvalue weighted by Gasteiger charge is -2.15. The van der Waals surface area contributed by atoms with Crippen LogP contribution in [0.25, 0.3) is 0 Å². The highest BCUT2D eigenvalue weighted by atomic mass is 16.3. The van der Waals surface area contributed by atoms with E-state index in [-0.39, 0.29) is 0 Å². The number of fused-ring (bicyclic) bond motifs is 1. The third-order valence-corrected chi connectivity index (χ3v) is 2.27. The fourth-order valence-corrected chi connectivity index (χ4v) is 1.61. The molecule has 1 aromatic carbocycles. The van der Waals surface area contributed by atoms with Crippen LogP contribution in [0.1, 0.15) is 29.1 Å². The molecule has 1 aliphatic heterocycles. The Labute approximate surface area is 80.8 Å². The minimum absolute atomic E-state index is 0.398. The maximum absolute atomic E-state index is 11.6. The molecule has 2 rings (SSSR count). The lowest BCUT2D eigenvalue weighted by molar-refractivity contribution is -0.133. The van der Waals surface area contributed by atoms with Gasteiger partial charge in [0.1, 0.15) is 0 Å². The minimum atomic E-state index is -1.13. The fraction of sp³-hybridized carbons (Fsp3) is 0.200.